The number of nitrogens with one attached hydrogen (secondary N) is 1. The molecule has 0 aliphatic carbocycles. The highest BCUT2D eigenvalue weighted by molar-refractivity contribution is 5.75. The number of hydrogen-bond donors (Lipinski definition) is 3. The van der Waals surface area contributed by atoms with Gasteiger partial charge in [0.05, 0.1) is 6.54 Å². The summed E-state index contributed by atoms with van der Waals surface area (Å²) in [6.45, 7) is 5.87. The standard InChI is InChI=1S/C8H19N3O/c1-6(2)7(3-9)4-11-5-8(10)12/h6-7,11H,3-5,9H2,1-2H3,(H2,10,12). The molecule has 0 aromatic heterocycles. The quantitative estimate of drug-likeness (QED) is 0.496. The molecular weight excluding hydrogens is 154 g/mol. The SMILES string of the molecule is CC(C)C(CN)CNCC(N)=O. The Hall–Kier alpha value is -0.610. The average Bonchev–Trinajstić information content (AvgIpc) is 1.96. The van der Waals surface area contributed by atoms with Crippen molar-refractivity contribution in [2.75, 3.05) is 19.6 Å². The molecule has 1 amide bonds. The maximum atomic E-state index is 10.4. The number of carbonyl (C=O) groups is 1. The van der Waals surface area contributed by atoms with E-state index in [9.17, 15) is 4.79 Å². The number of primary amides is 1. The second-order valence-corrected chi connectivity index (χ2v) is 3.34. The topological polar surface area (TPSA) is 81.1 Å². The van der Waals surface area contributed by atoms with E-state index in [4.69, 9.17) is 11.5 Å². The molecule has 4 nitrogen and oxygen atoms in total. The molecule has 1 atom stereocenters. The van der Waals surface area contributed by atoms with Crippen molar-refractivity contribution in [3.05, 3.63) is 0 Å². The van der Waals surface area contributed by atoms with E-state index in [1.165, 1.54) is 0 Å². The van der Waals surface area contributed by atoms with Crippen LogP contribution in [0, 0.1) is 11.8 Å². The van der Waals surface area contributed by atoms with Crippen LogP contribution >= 0.6 is 0 Å². The summed E-state index contributed by atoms with van der Waals surface area (Å²) in [6, 6.07) is 0. The Morgan fingerprint density at radius 2 is 2.08 bits per heavy atom. The first-order valence-corrected chi connectivity index (χ1v) is 4.27. The van der Waals surface area contributed by atoms with E-state index in [2.05, 4.69) is 19.2 Å². The molecule has 0 rings (SSSR count). The van der Waals surface area contributed by atoms with Crippen LogP contribution in [-0.4, -0.2) is 25.5 Å². The van der Waals surface area contributed by atoms with Gasteiger partial charge in [-0.2, -0.15) is 0 Å². The molecule has 4 heteroatoms. The van der Waals surface area contributed by atoms with Crippen molar-refractivity contribution in [1.82, 2.24) is 5.32 Å². The molecular formula is C8H19N3O. The Bertz CT molecular complexity index is 136. The zero-order valence-corrected chi connectivity index (χ0v) is 7.84. The lowest BCUT2D eigenvalue weighted by atomic mass is 9.96. The lowest BCUT2D eigenvalue weighted by molar-refractivity contribution is -0.117. The number of nitrogens with two attached hydrogens (primary N) is 2. The maximum Gasteiger partial charge on any atom is 0.231 e. The van der Waals surface area contributed by atoms with Crippen LogP contribution in [0.4, 0.5) is 0 Å². The second-order valence-electron chi connectivity index (χ2n) is 3.34. The van der Waals surface area contributed by atoms with Crippen LogP contribution in [0.25, 0.3) is 0 Å². The third-order valence-corrected chi connectivity index (χ3v) is 1.95. The normalized spacial score (nSPS) is 13.3. The highest BCUT2D eigenvalue weighted by Crippen LogP contribution is 2.06. The summed E-state index contributed by atoms with van der Waals surface area (Å²) >= 11 is 0. The summed E-state index contributed by atoms with van der Waals surface area (Å²) in [6.07, 6.45) is 0. The summed E-state index contributed by atoms with van der Waals surface area (Å²) in [4.78, 5) is 10.4. The van der Waals surface area contributed by atoms with Crippen molar-refractivity contribution >= 4 is 5.91 Å². The Balaban J connectivity index is 3.51. The Morgan fingerprint density at radius 1 is 1.50 bits per heavy atom. The Kier molecular flexibility index (Phi) is 5.66. The van der Waals surface area contributed by atoms with E-state index < -0.39 is 0 Å². The predicted molar refractivity (Wildman–Crippen MR) is 49.4 cm³/mol. The molecule has 1 unspecified atom stereocenters. The minimum Gasteiger partial charge on any atom is -0.369 e. The lowest BCUT2D eigenvalue weighted by Gasteiger charge is -2.18. The predicted octanol–water partition coefficient (Wildman–Crippen LogP) is -0.708. The molecule has 0 aliphatic heterocycles. The van der Waals surface area contributed by atoms with Crippen LogP contribution in [-0.2, 0) is 4.79 Å². The van der Waals surface area contributed by atoms with Crippen molar-refractivity contribution in [2.45, 2.75) is 13.8 Å². The smallest absolute Gasteiger partial charge is 0.231 e. The Labute approximate surface area is 73.7 Å². The lowest BCUT2D eigenvalue weighted by Crippen LogP contribution is -2.36. The molecule has 0 saturated heterocycles. The average molecular weight is 173 g/mol. The van der Waals surface area contributed by atoms with Crippen molar-refractivity contribution in [3.8, 4) is 0 Å². The number of amides is 1. The summed E-state index contributed by atoms with van der Waals surface area (Å²) < 4.78 is 0. The second kappa shape index (κ2) is 5.97. The molecule has 0 spiro atoms. The van der Waals surface area contributed by atoms with Gasteiger partial charge in [0.25, 0.3) is 0 Å². The fourth-order valence-corrected chi connectivity index (χ4v) is 0.972. The molecule has 0 heterocycles. The van der Waals surface area contributed by atoms with Crippen LogP contribution in [0.15, 0.2) is 0 Å². The minimum atomic E-state index is -0.325. The molecule has 12 heavy (non-hydrogen) atoms. The molecule has 0 radical (unpaired) electrons. The van der Waals surface area contributed by atoms with Crippen LogP contribution in [0.5, 0.6) is 0 Å². The van der Waals surface area contributed by atoms with Gasteiger partial charge in [0, 0.05) is 0 Å². The van der Waals surface area contributed by atoms with Crippen molar-refractivity contribution < 1.29 is 4.79 Å². The van der Waals surface area contributed by atoms with Crippen molar-refractivity contribution in [3.63, 3.8) is 0 Å². The first-order chi connectivity index (χ1) is 5.57. The monoisotopic (exact) mass is 173 g/mol. The summed E-state index contributed by atoms with van der Waals surface area (Å²) in [5, 5.41) is 2.96. The van der Waals surface area contributed by atoms with Gasteiger partial charge in [0.1, 0.15) is 0 Å². The van der Waals surface area contributed by atoms with E-state index >= 15 is 0 Å². The minimum absolute atomic E-state index is 0.239. The Morgan fingerprint density at radius 3 is 2.42 bits per heavy atom. The molecule has 72 valence electrons. The van der Waals surface area contributed by atoms with Crippen LogP contribution in [0.1, 0.15) is 13.8 Å². The van der Waals surface area contributed by atoms with Gasteiger partial charge in [-0.15, -0.1) is 0 Å². The van der Waals surface area contributed by atoms with Gasteiger partial charge in [-0.25, -0.2) is 0 Å². The summed E-state index contributed by atoms with van der Waals surface area (Å²) in [5.41, 5.74) is 10.5. The number of hydrogen-bond acceptors (Lipinski definition) is 3. The molecule has 0 aromatic carbocycles. The molecule has 0 aromatic rings. The van der Waals surface area contributed by atoms with Gasteiger partial charge < -0.3 is 16.8 Å². The maximum absolute atomic E-state index is 10.4. The van der Waals surface area contributed by atoms with Gasteiger partial charge in [-0.3, -0.25) is 4.79 Å². The van der Waals surface area contributed by atoms with Gasteiger partial charge >= 0.3 is 0 Å². The zero-order chi connectivity index (χ0) is 9.56. The number of carbonyl (C=O) groups excluding carboxylic acids is 1. The molecule has 0 fully saturated rings. The van der Waals surface area contributed by atoms with Crippen molar-refractivity contribution in [2.24, 2.45) is 23.3 Å². The third-order valence-electron chi connectivity index (χ3n) is 1.95. The van der Waals surface area contributed by atoms with Crippen LogP contribution in [0.2, 0.25) is 0 Å². The van der Waals surface area contributed by atoms with Crippen LogP contribution < -0.4 is 16.8 Å². The third kappa shape index (κ3) is 5.09. The fourth-order valence-electron chi connectivity index (χ4n) is 0.972. The van der Waals surface area contributed by atoms with E-state index in [1.54, 1.807) is 0 Å². The van der Waals surface area contributed by atoms with Gasteiger partial charge in [0.15, 0.2) is 0 Å². The largest absolute Gasteiger partial charge is 0.369 e. The van der Waals surface area contributed by atoms with E-state index in [0.717, 1.165) is 6.54 Å². The van der Waals surface area contributed by atoms with Gasteiger partial charge in [0.2, 0.25) is 5.91 Å². The summed E-state index contributed by atoms with van der Waals surface area (Å²) in [7, 11) is 0. The van der Waals surface area contributed by atoms with E-state index in [-0.39, 0.29) is 12.5 Å². The first kappa shape index (κ1) is 11.4. The molecule has 0 aliphatic rings. The first-order valence-electron chi connectivity index (χ1n) is 4.27. The van der Waals surface area contributed by atoms with Gasteiger partial charge in [-0.05, 0) is 24.9 Å². The van der Waals surface area contributed by atoms with E-state index in [0.29, 0.717) is 18.4 Å². The zero-order valence-electron chi connectivity index (χ0n) is 7.84. The molecule has 5 N–H and O–H groups in total. The fraction of sp³-hybridized carbons (Fsp3) is 0.875. The van der Waals surface area contributed by atoms with E-state index in [1.807, 2.05) is 0 Å². The van der Waals surface area contributed by atoms with Gasteiger partial charge in [-0.1, -0.05) is 13.8 Å². The molecule has 0 bridgehead atoms. The number of rotatable bonds is 6. The highest BCUT2D eigenvalue weighted by Gasteiger charge is 2.10. The van der Waals surface area contributed by atoms with Crippen molar-refractivity contribution in [1.29, 1.82) is 0 Å². The molecule has 0 saturated carbocycles. The van der Waals surface area contributed by atoms with Crippen LogP contribution in [0.3, 0.4) is 0 Å². The summed E-state index contributed by atoms with van der Waals surface area (Å²) in [5.74, 6) is 0.634. The highest BCUT2D eigenvalue weighted by atomic mass is 16.1.